The van der Waals surface area contributed by atoms with E-state index in [1.165, 1.54) is 0 Å². The number of hydrogen-bond donors (Lipinski definition) is 0. The minimum atomic E-state index is -0.0168. The number of ketones is 1. The van der Waals surface area contributed by atoms with Crippen LogP contribution in [-0.4, -0.2) is 20.0 Å². The van der Waals surface area contributed by atoms with Crippen molar-refractivity contribution in [2.24, 2.45) is 5.92 Å². The van der Waals surface area contributed by atoms with E-state index < -0.39 is 0 Å². The third-order valence-electron chi connectivity index (χ3n) is 8.80. The highest BCUT2D eigenvalue weighted by Gasteiger charge is 2.36. The normalized spacial score (nSPS) is 12.8. The molecule has 0 saturated heterocycles. The number of ether oxygens (including phenoxy) is 2. The van der Waals surface area contributed by atoms with Gasteiger partial charge in [0.1, 0.15) is 17.1 Å². The van der Waals surface area contributed by atoms with E-state index in [1.54, 1.807) is 14.2 Å². The SMILES string of the molecule is COc1ccc(N(c2ccc(OC)cc2)c2ccc(-c3cc4cccc5c4c([o+]3)-c3c(C#CC4C=CC=C4)cccc3C5=O)cc2)cc1. The lowest BCUT2D eigenvalue weighted by Gasteiger charge is -2.25. The Bertz CT molecular complexity index is 2260. The molecule has 230 valence electrons. The molecule has 5 aromatic carbocycles. The Labute approximate surface area is 279 Å². The number of anilines is 3. The van der Waals surface area contributed by atoms with Gasteiger partial charge >= 0.3 is 11.5 Å². The Hall–Kier alpha value is -6.38. The molecule has 48 heavy (non-hydrogen) atoms. The van der Waals surface area contributed by atoms with Gasteiger partial charge in [-0.3, -0.25) is 4.79 Å². The first-order valence-corrected chi connectivity index (χ1v) is 15.7. The second-order valence-electron chi connectivity index (χ2n) is 11.6. The number of benzene rings is 5. The van der Waals surface area contributed by atoms with E-state index in [0.717, 1.165) is 56.0 Å². The highest BCUT2D eigenvalue weighted by atomic mass is 16.5. The molecule has 0 aliphatic heterocycles. The first-order valence-electron chi connectivity index (χ1n) is 15.7. The monoisotopic (exact) mass is 624 g/mol. The number of rotatable bonds is 6. The van der Waals surface area contributed by atoms with Gasteiger partial charge in [-0.25, -0.2) is 4.42 Å². The summed E-state index contributed by atoms with van der Waals surface area (Å²) in [6.45, 7) is 0. The molecule has 2 aliphatic rings. The van der Waals surface area contributed by atoms with Gasteiger partial charge in [0.25, 0.3) is 0 Å². The van der Waals surface area contributed by atoms with Gasteiger partial charge in [-0.05, 0) is 84.9 Å². The standard InChI is InChI=1S/C43H30NO4/c1-46-35-23-19-33(20-24-35)44(34-21-25-36(47-2)26-22-34)32-17-15-29(16-18-32)39-27-31-10-6-12-38-41(31)43(48-39)40-30(9-5-11-37(40)42(38)45)14-13-28-7-3-4-8-28/h3-12,15-28H,1-2H3/q+1. The van der Waals surface area contributed by atoms with Gasteiger partial charge < -0.3 is 14.4 Å². The zero-order valence-electron chi connectivity index (χ0n) is 26.4. The number of hydrogen-bond acceptors (Lipinski definition) is 4. The van der Waals surface area contributed by atoms with Gasteiger partial charge in [-0.1, -0.05) is 60.4 Å². The van der Waals surface area contributed by atoms with Crippen LogP contribution < -0.4 is 14.4 Å². The zero-order valence-corrected chi connectivity index (χ0v) is 26.4. The van der Waals surface area contributed by atoms with Crippen LogP contribution in [0.25, 0.3) is 33.4 Å². The molecule has 5 heteroatoms. The maximum atomic E-state index is 13.7. The van der Waals surface area contributed by atoms with Crippen LogP contribution in [0.15, 0.2) is 144 Å². The Morgan fingerprint density at radius 3 is 1.90 bits per heavy atom. The maximum Gasteiger partial charge on any atom is 0.371 e. The van der Waals surface area contributed by atoms with E-state index in [9.17, 15) is 4.79 Å². The molecule has 0 atom stereocenters. The quantitative estimate of drug-likeness (QED) is 0.136. The summed E-state index contributed by atoms with van der Waals surface area (Å²) >= 11 is 0. The van der Waals surface area contributed by atoms with E-state index in [-0.39, 0.29) is 11.7 Å². The summed E-state index contributed by atoms with van der Waals surface area (Å²) in [6.07, 6.45) is 8.11. The molecule has 1 aromatic heterocycles. The topological polar surface area (TPSA) is 50.1 Å². The molecular formula is C43H30NO4+. The Balaban J connectivity index is 1.24. The largest absolute Gasteiger partial charge is 0.497 e. The minimum absolute atomic E-state index is 0.0168. The van der Waals surface area contributed by atoms with Crippen LogP contribution in [-0.2, 0) is 0 Å². The summed E-state index contributed by atoms with van der Waals surface area (Å²) in [7, 11) is 3.33. The van der Waals surface area contributed by atoms with Gasteiger partial charge in [0.2, 0.25) is 0 Å². The first-order chi connectivity index (χ1) is 23.6. The Morgan fingerprint density at radius 1 is 0.688 bits per heavy atom. The molecule has 1 heterocycles. The van der Waals surface area contributed by atoms with Crippen molar-refractivity contribution in [1.82, 2.24) is 0 Å². The lowest BCUT2D eigenvalue weighted by Crippen LogP contribution is -2.11. The van der Waals surface area contributed by atoms with Crippen molar-refractivity contribution in [3.63, 3.8) is 0 Å². The molecule has 6 aromatic rings. The highest BCUT2D eigenvalue weighted by molar-refractivity contribution is 6.25. The first kappa shape index (κ1) is 29.1. The zero-order chi connectivity index (χ0) is 32.6. The van der Waals surface area contributed by atoms with E-state index in [1.807, 2.05) is 103 Å². The van der Waals surface area contributed by atoms with Crippen molar-refractivity contribution in [1.29, 1.82) is 0 Å². The van der Waals surface area contributed by atoms with E-state index in [0.29, 0.717) is 22.6 Å². The van der Waals surface area contributed by atoms with Crippen molar-refractivity contribution in [3.05, 3.63) is 156 Å². The third-order valence-corrected chi connectivity index (χ3v) is 8.80. The van der Waals surface area contributed by atoms with Crippen LogP contribution in [0, 0.1) is 17.8 Å². The average molecular weight is 625 g/mol. The molecule has 0 N–H and O–H groups in total. The predicted molar refractivity (Wildman–Crippen MR) is 191 cm³/mol. The number of carbonyl (C=O) groups excluding carboxylic acids is 1. The molecule has 8 rings (SSSR count). The lowest BCUT2D eigenvalue weighted by atomic mass is 9.84. The molecule has 0 fully saturated rings. The molecule has 0 bridgehead atoms. The van der Waals surface area contributed by atoms with Crippen molar-refractivity contribution in [2.45, 2.75) is 0 Å². The number of nitrogens with zero attached hydrogens (tertiary/aromatic N) is 1. The number of fused-ring (bicyclic) bond motifs is 2. The van der Waals surface area contributed by atoms with Gasteiger partial charge in [0.05, 0.1) is 37.2 Å². The van der Waals surface area contributed by atoms with Crippen LogP contribution in [0.3, 0.4) is 0 Å². The molecular weight excluding hydrogens is 594 g/mol. The van der Waals surface area contributed by atoms with E-state index in [4.69, 9.17) is 13.9 Å². The summed E-state index contributed by atoms with van der Waals surface area (Å²) < 4.78 is 17.6. The van der Waals surface area contributed by atoms with Gasteiger partial charge in [-0.2, -0.15) is 0 Å². The van der Waals surface area contributed by atoms with Crippen LogP contribution in [0.5, 0.6) is 11.5 Å². The fraction of sp³-hybridized carbons (Fsp3) is 0.0698. The summed E-state index contributed by atoms with van der Waals surface area (Å²) in [6, 6.07) is 37.9. The van der Waals surface area contributed by atoms with Crippen molar-refractivity contribution >= 4 is 33.6 Å². The molecule has 2 aliphatic carbocycles. The second kappa shape index (κ2) is 12.1. The Kier molecular flexibility index (Phi) is 7.32. The summed E-state index contributed by atoms with van der Waals surface area (Å²) in [5.74, 6) is 9.65. The fourth-order valence-corrected chi connectivity index (χ4v) is 6.39. The van der Waals surface area contributed by atoms with Crippen LogP contribution in [0.4, 0.5) is 17.1 Å². The van der Waals surface area contributed by atoms with Crippen LogP contribution in [0.1, 0.15) is 21.5 Å². The van der Waals surface area contributed by atoms with Gasteiger partial charge in [-0.15, -0.1) is 0 Å². The third kappa shape index (κ3) is 5.10. The number of methoxy groups -OCH3 is 2. The molecule has 0 radical (unpaired) electrons. The number of allylic oxidation sites excluding steroid dienone is 4. The lowest BCUT2D eigenvalue weighted by molar-refractivity contribution is 0.103. The van der Waals surface area contributed by atoms with Crippen molar-refractivity contribution in [2.75, 3.05) is 19.1 Å². The fourth-order valence-electron chi connectivity index (χ4n) is 6.39. The van der Waals surface area contributed by atoms with Gasteiger partial charge in [0.15, 0.2) is 5.78 Å². The molecule has 0 saturated carbocycles. The molecule has 0 amide bonds. The second-order valence-corrected chi connectivity index (χ2v) is 11.6. The van der Waals surface area contributed by atoms with Crippen LogP contribution >= 0.6 is 0 Å². The average Bonchev–Trinajstić information content (AvgIpc) is 3.67. The summed E-state index contributed by atoms with van der Waals surface area (Å²) in [5, 5.41) is 1.75. The maximum absolute atomic E-state index is 13.7. The Morgan fingerprint density at radius 2 is 1.27 bits per heavy atom. The van der Waals surface area contributed by atoms with Crippen molar-refractivity contribution in [3.8, 4) is 46.0 Å². The van der Waals surface area contributed by atoms with Gasteiger partial charge in [0, 0.05) is 39.1 Å². The molecule has 0 spiro atoms. The minimum Gasteiger partial charge on any atom is -0.497 e. The molecule has 5 nitrogen and oxygen atoms in total. The van der Waals surface area contributed by atoms with E-state index >= 15 is 0 Å². The van der Waals surface area contributed by atoms with Crippen LogP contribution in [0.2, 0.25) is 0 Å². The van der Waals surface area contributed by atoms with E-state index in [2.05, 4.69) is 53.2 Å². The highest BCUT2D eigenvalue weighted by Crippen LogP contribution is 2.44. The van der Waals surface area contributed by atoms with Crippen molar-refractivity contribution < 1.29 is 18.7 Å². The smallest absolute Gasteiger partial charge is 0.371 e. The summed E-state index contributed by atoms with van der Waals surface area (Å²) in [4.78, 5) is 15.9. The number of carbonyl (C=O) groups is 1. The molecule has 0 unspecified atom stereocenters. The summed E-state index contributed by atoms with van der Waals surface area (Å²) in [5.41, 5.74) is 6.62. The predicted octanol–water partition coefficient (Wildman–Crippen LogP) is 10.2.